The van der Waals surface area contributed by atoms with E-state index in [9.17, 15) is 9.18 Å². The summed E-state index contributed by atoms with van der Waals surface area (Å²) in [5.74, 6) is 0.517. The first-order chi connectivity index (χ1) is 10.9. The maximum Gasteiger partial charge on any atom is 0.227 e. The van der Waals surface area contributed by atoms with Gasteiger partial charge in [-0.05, 0) is 57.4 Å². The summed E-state index contributed by atoms with van der Waals surface area (Å²) in [4.78, 5) is 14.7. The minimum Gasteiger partial charge on any atom is -0.361 e. The zero-order valence-corrected chi connectivity index (χ0v) is 13.9. The maximum absolute atomic E-state index is 13.4. The van der Waals surface area contributed by atoms with Gasteiger partial charge in [0.2, 0.25) is 5.91 Å². The van der Waals surface area contributed by atoms with Crippen molar-refractivity contribution in [2.45, 2.75) is 52.6 Å². The number of carbonyl (C=O) groups is 1. The lowest BCUT2D eigenvalue weighted by molar-refractivity contribution is -0.135. The fourth-order valence-electron chi connectivity index (χ4n) is 3.57. The predicted molar refractivity (Wildman–Crippen MR) is 84.5 cm³/mol. The van der Waals surface area contributed by atoms with Crippen molar-refractivity contribution < 1.29 is 13.7 Å². The Hall–Kier alpha value is -2.17. The van der Waals surface area contributed by atoms with Crippen molar-refractivity contribution in [3.05, 3.63) is 52.2 Å². The lowest BCUT2D eigenvalue weighted by Crippen LogP contribution is -2.45. The number of amides is 1. The molecule has 0 N–H and O–H groups in total. The van der Waals surface area contributed by atoms with Gasteiger partial charge in [0.25, 0.3) is 0 Å². The predicted octanol–water partition coefficient (Wildman–Crippen LogP) is 3.51. The van der Waals surface area contributed by atoms with Crippen molar-refractivity contribution in [2.24, 2.45) is 0 Å². The van der Waals surface area contributed by atoms with Gasteiger partial charge in [0.05, 0.1) is 18.2 Å². The van der Waals surface area contributed by atoms with Crippen LogP contribution in [-0.4, -0.2) is 22.0 Å². The Morgan fingerprint density at radius 2 is 2.13 bits per heavy atom. The Morgan fingerprint density at radius 3 is 2.78 bits per heavy atom. The normalized spacial score (nSPS) is 20.5. The monoisotopic (exact) mass is 316 g/mol. The molecule has 0 fully saturated rings. The molecule has 1 aromatic heterocycles. The number of carbonyl (C=O) groups excluding carboxylic acids is 1. The molecule has 5 heteroatoms. The molecule has 1 aliphatic heterocycles. The molecule has 1 amide bonds. The van der Waals surface area contributed by atoms with Crippen LogP contribution < -0.4 is 0 Å². The van der Waals surface area contributed by atoms with Crippen molar-refractivity contribution in [1.29, 1.82) is 0 Å². The molecule has 0 saturated heterocycles. The molecular formula is C18H21FN2O2. The van der Waals surface area contributed by atoms with Gasteiger partial charge in [-0.15, -0.1) is 0 Å². The summed E-state index contributed by atoms with van der Waals surface area (Å²) in [6, 6.07) is 4.80. The van der Waals surface area contributed by atoms with Crippen LogP contribution in [-0.2, 0) is 17.6 Å². The average Bonchev–Trinajstić information content (AvgIpc) is 2.78. The van der Waals surface area contributed by atoms with Crippen molar-refractivity contribution in [1.82, 2.24) is 10.1 Å². The van der Waals surface area contributed by atoms with Crippen LogP contribution in [0.4, 0.5) is 4.39 Å². The van der Waals surface area contributed by atoms with Crippen LogP contribution in [0.25, 0.3) is 0 Å². The van der Waals surface area contributed by atoms with Gasteiger partial charge in [0.1, 0.15) is 11.6 Å². The highest BCUT2D eigenvalue weighted by Gasteiger charge is 2.33. The molecule has 0 aliphatic carbocycles. The van der Waals surface area contributed by atoms with Crippen LogP contribution in [0.1, 0.15) is 48.0 Å². The van der Waals surface area contributed by atoms with Gasteiger partial charge in [0.15, 0.2) is 0 Å². The van der Waals surface area contributed by atoms with E-state index in [0.717, 1.165) is 22.4 Å². The van der Waals surface area contributed by atoms with E-state index in [4.69, 9.17) is 4.52 Å². The summed E-state index contributed by atoms with van der Waals surface area (Å²) in [7, 11) is 0. The quantitative estimate of drug-likeness (QED) is 0.852. The molecule has 4 nitrogen and oxygen atoms in total. The van der Waals surface area contributed by atoms with Crippen LogP contribution in [0, 0.1) is 19.7 Å². The van der Waals surface area contributed by atoms with E-state index in [1.54, 1.807) is 12.1 Å². The fraction of sp³-hybridized carbons (Fsp3) is 0.444. The van der Waals surface area contributed by atoms with Crippen LogP contribution >= 0.6 is 0 Å². The van der Waals surface area contributed by atoms with Crippen LogP contribution in [0.15, 0.2) is 22.7 Å². The summed E-state index contributed by atoms with van der Waals surface area (Å²) >= 11 is 0. The van der Waals surface area contributed by atoms with Crippen LogP contribution in [0.5, 0.6) is 0 Å². The number of aromatic nitrogens is 1. The Balaban J connectivity index is 1.88. The van der Waals surface area contributed by atoms with Gasteiger partial charge < -0.3 is 9.42 Å². The number of aryl methyl sites for hydroxylation is 2. The Morgan fingerprint density at radius 1 is 1.39 bits per heavy atom. The largest absolute Gasteiger partial charge is 0.361 e. The van der Waals surface area contributed by atoms with E-state index < -0.39 is 0 Å². The van der Waals surface area contributed by atoms with E-state index in [0.29, 0.717) is 12.2 Å². The second-order valence-corrected chi connectivity index (χ2v) is 6.35. The third kappa shape index (κ3) is 2.76. The van der Waals surface area contributed by atoms with E-state index in [1.165, 1.54) is 6.07 Å². The molecule has 0 unspecified atom stereocenters. The van der Waals surface area contributed by atoms with Crippen molar-refractivity contribution in [3.8, 4) is 0 Å². The summed E-state index contributed by atoms with van der Waals surface area (Å²) in [5.41, 5.74) is 3.64. The highest BCUT2D eigenvalue weighted by Crippen LogP contribution is 2.34. The highest BCUT2D eigenvalue weighted by molar-refractivity contribution is 5.80. The first kappa shape index (κ1) is 15.7. The molecule has 2 atom stereocenters. The Bertz CT molecular complexity index is 734. The Kier molecular flexibility index (Phi) is 3.96. The molecule has 2 heterocycles. The molecule has 1 aliphatic rings. The third-order valence-electron chi connectivity index (χ3n) is 4.76. The third-order valence-corrected chi connectivity index (χ3v) is 4.76. The van der Waals surface area contributed by atoms with Gasteiger partial charge in [-0.2, -0.15) is 0 Å². The first-order valence-electron chi connectivity index (χ1n) is 7.89. The van der Waals surface area contributed by atoms with Crippen molar-refractivity contribution >= 4 is 5.91 Å². The zero-order valence-electron chi connectivity index (χ0n) is 13.9. The molecular weight excluding hydrogens is 295 g/mol. The standard InChI is InChI=1S/C18H21FN2O2/c1-10-7-14-8-15(19)5-6-16(14)12(3)21(10)18(22)9-17-11(2)20-23-13(17)4/h5-6,8,10,12H,7,9H2,1-4H3/t10-,12-/m1/s1. The van der Waals surface area contributed by atoms with Gasteiger partial charge in [-0.25, -0.2) is 4.39 Å². The van der Waals surface area contributed by atoms with E-state index in [-0.39, 0.29) is 30.2 Å². The fourth-order valence-corrected chi connectivity index (χ4v) is 3.57. The van der Waals surface area contributed by atoms with Gasteiger partial charge in [-0.3, -0.25) is 4.79 Å². The molecule has 0 bridgehead atoms. The smallest absolute Gasteiger partial charge is 0.227 e. The maximum atomic E-state index is 13.4. The summed E-state index contributed by atoms with van der Waals surface area (Å²) < 4.78 is 18.6. The number of halogens is 1. The van der Waals surface area contributed by atoms with Crippen LogP contribution in [0.2, 0.25) is 0 Å². The average molecular weight is 316 g/mol. The summed E-state index contributed by atoms with van der Waals surface area (Å²) in [6.07, 6.45) is 0.956. The summed E-state index contributed by atoms with van der Waals surface area (Å²) in [6.45, 7) is 7.68. The number of hydrogen-bond acceptors (Lipinski definition) is 3. The van der Waals surface area contributed by atoms with Crippen molar-refractivity contribution in [3.63, 3.8) is 0 Å². The number of fused-ring (bicyclic) bond motifs is 1. The van der Waals surface area contributed by atoms with Crippen molar-refractivity contribution in [2.75, 3.05) is 0 Å². The topological polar surface area (TPSA) is 46.3 Å². The number of rotatable bonds is 2. The first-order valence-corrected chi connectivity index (χ1v) is 7.89. The lowest BCUT2D eigenvalue weighted by atomic mass is 9.89. The van der Waals surface area contributed by atoms with E-state index in [1.807, 2.05) is 32.6 Å². The second kappa shape index (κ2) is 5.80. The minimum absolute atomic E-state index is 0.0345. The highest BCUT2D eigenvalue weighted by atomic mass is 19.1. The van der Waals surface area contributed by atoms with E-state index in [2.05, 4.69) is 5.16 Å². The second-order valence-electron chi connectivity index (χ2n) is 6.35. The molecule has 23 heavy (non-hydrogen) atoms. The van der Waals surface area contributed by atoms with Crippen LogP contribution in [0.3, 0.4) is 0 Å². The molecule has 2 aromatic rings. The molecule has 3 rings (SSSR count). The molecule has 0 radical (unpaired) electrons. The molecule has 1 aromatic carbocycles. The van der Waals surface area contributed by atoms with Gasteiger partial charge in [0, 0.05) is 11.6 Å². The number of nitrogens with zero attached hydrogens (tertiary/aromatic N) is 2. The summed E-state index contributed by atoms with van der Waals surface area (Å²) in [5, 5.41) is 3.91. The molecule has 0 saturated carbocycles. The minimum atomic E-state index is -0.223. The molecule has 122 valence electrons. The van der Waals surface area contributed by atoms with E-state index >= 15 is 0 Å². The van der Waals surface area contributed by atoms with Gasteiger partial charge >= 0.3 is 0 Å². The van der Waals surface area contributed by atoms with Gasteiger partial charge in [-0.1, -0.05) is 11.2 Å². The number of hydrogen-bond donors (Lipinski definition) is 0. The zero-order chi connectivity index (χ0) is 16.7. The number of benzene rings is 1. The lowest BCUT2D eigenvalue weighted by Gasteiger charge is -2.40. The SMILES string of the molecule is Cc1noc(C)c1CC(=O)N1[C@H](C)Cc2cc(F)ccc2[C@H]1C. The molecule has 0 spiro atoms. The Labute approximate surface area is 135 Å².